The number of pyridine rings is 3. The first-order chi connectivity index (χ1) is 28.4. The Morgan fingerprint density at radius 2 is 1.26 bits per heavy atom. The van der Waals surface area contributed by atoms with Crippen LogP contribution >= 0.6 is 0 Å². The number of rotatable bonds is 10. The molecular formula is C38H28F12N6O5. The number of aromatic amines is 1. The number of nitrogens with zero attached hydrogens (tertiary/aromatic N) is 3. The molecule has 1 aromatic carbocycles. The van der Waals surface area contributed by atoms with Crippen LogP contribution in [-0.4, -0.2) is 86.8 Å². The molecule has 61 heavy (non-hydrogen) atoms. The average Bonchev–Trinajstić information content (AvgIpc) is 3.65. The zero-order valence-corrected chi connectivity index (χ0v) is 30.7. The summed E-state index contributed by atoms with van der Waals surface area (Å²) in [5, 5.41) is 7.65. The van der Waals surface area contributed by atoms with E-state index < -0.39 is 47.8 Å². The van der Waals surface area contributed by atoms with E-state index in [0.29, 0.717) is 6.54 Å². The molecule has 0 aliphatic carbocycles. The highest BCUT2D eigenvalue weighted by Gasteiger charge is 2.55. The lowest BCUT2D eigenvalue weighted by molar-refractivity contribution is -0.193. The summed E-state index contributed by atoms with van der Waals surface area (Å²) in [4.78, 5) is 67.7. The summed E-state index contributed by atoms with van der Waals surface area (Å²) >= 11 is 0. The molecule has 4 aromatic heterocycles. The monoisotopic (exact) mass is 876 g/mol. The highest BCUT2D eigenvalue weighted by molar-refractivity contribution is 6.41. The third-order valence-corrected chi connectivity index (χ3v) is 8.28. The van der Waals surface area contributed by atoms with Crippen LogP contribution in [-0.2, 0) is 38.6 Å². The number of carbonyl (C=O) groups excluding carboxylic acids is 5. The highest BCUT2D eigenvalue weighted by atomic mass is 19.4. The Morgan fingerprint density at radius 3 is 1.82 bits per heavy atom. The second-order valence-electron chi connectivity index (χ2n) is 12.6. The van der Waals surface area contributed by atoms with Crippen molar-refractivity contribution < 1.29 is 76.7 Å². The summed E-state index contributed by atoms with van der Waals surface area (Å²) in [5.41, 5.74) is 8.87. The van der Waals surface area contributed by atoms with E-state index in [1.165, 1.54) is 10.9 Å². The number of H-pyrrole nitrogens is 1. The van der Waals surface area contributed by atoms with Gasteiger partial charge in [0, 0.05) is 71.7 Å². The van der Waals surface area contributed by atoms with Gasteiger partial charge in [0.05, 0.1) is 16.8 Å². The van der Waals surface area contributed by atoms with Gasteiger partial charge in [-0.1, -0.05) is 18.2 Å². The third kappa shape index (κ3) is 13.0. The zero-order chi connectivity index (χ0) is 45.3. The number of para-hydroxylation sites is 1. The van der Waals surface area contributed by atoms with Gasteiger partial charge in [0.25, 0.3) is 5.91 Å². The molecule has 23 heteroatoms. The van der Waals surface area contributed by atoms with E-state index in [0.717, 1.165) is 77.3 Å². The normalized spacial score (nSPS) is 12.9. The minimum absolute atomic E-state index is 0.0149. The Labute approximate surface area is 335 Å². The third-order valence-electron chi connectivity index (χ3n) is 8.28. The van der Waals surface area contributed by atoms with Gasteiger partial charge < -0.3 is 15.6 Å². The maximum Gasteiger partial charge on any atom is 0.458 e. The highest BCUT2D eigenvalue weighted by Crippen LogP contribution is 2.28. The molecule has 1 aliphatic heterocycles. The molecule has 1 aliphatic rings. The molecule has 5 heterocycles. The number of nitrogens with one attached hydrogen (secondary N) is 3. The van der Waals surface area contributed by atoms with Crippen molar-refractivity contribution in [1.82, 2.24) is 30.6 Å². The van der Waals surface area contributed by atoms with Crippen molar-refractivity contribution in [2.75, 3.05) is 13.1 Å². The van der Waals surface area contributed by atoms with E-state index >= 15 is 0 Å². The maximum absolute atomic E-state index is 12.1. The average molecular weight is 877 g/mol. The number of fused-ring (bicyclic) bond motifs is 2. The van der Waals surface area contributed by atoms with Crippen LogP contribution in [0.1, 0.15) is 33.7 Å². The molecule has 0 radical (unpaired) electrons. The fourth-order valence-corrected chi connectivity index (χ4v) is 5.37. The van der Waals surface area contributed by atoms with Gasteiger partial charge in [0.1, 0.15) is 0 Å². The quantitative estimate of drug-likeness (QED) is 0.0749. The lowest BCUT2D eigenvalue weighted by Crippen LogP contribution is -2.39. The minimum Gasteiger partial charge on any atom is -0.358 e. The summed E-state index contributed by atoms with van der Waals surface area (Å²) < 4.78 is 134. The molecule has 1 amide bonds. The van der Waals surface area contributed by atoms with E-state index in [-0.39, 0.29) is 5.91 Å². The van der Waals surface area contributed by atoms with Gasteiger partial charge in [0.2, 0.25) is 0 Å². The van der Waals surface area contributed by atoms with Gasteiger partial charge in [-0.15, -0.1) is 0 Å². The van der Waals surface area contributed by atoms with Crippen LogP contribution in [0.15, 0.2) is 79.3 Å². The molecule has 5 aromatic rings. The Hall–Kier alpha value is -6.52. The topological polar surface area (TPSA) is 164 Å². The first-order valence-electron chi connectivity index (χ1n) is 17.3. The van der Waals surface area contributed by atoms with Gasteiger partial charge in [-0.2, -0.15) is 52.7 Å². The summed E-state index contributed by atoms with van der Waals surface area (Å²) in [6, 6.07) is 20.4. The van der Waals surface area contributed by atoms with Crippen molar-refractivity contribution >= 4 is 39.9 Å². The minimum atomic E-state index is -5.77. The van der Waals surface area contributed by atoms with Crippen LogP contribution in [0.25, 0.3) is 33.4 Å². The van der Waals surface area contributed by atoms with Gasteiger partial charge >= 0.3 is 47.8 Å². The molecule has 0 spiro atoms. The molecule has 0 fully saturated rings. The van der Waals surface area contributed by atoms with E-state index in [9.17, 15) is 76.7 Å². The molecule has 0 bridgehead atoms. The number of benzene rings is 1. The van der Waals surface area contributed by atoms with E-state index in [2.05, 4.69) is 60.9 Å². The molecule has 0 saturated heterocycles. The van der Waals surface area contributed by atoms with Crippen molar-refractivity contribution in [3.05, 3.63) is 102 Å². The predicted octanol–water partition coefficient (Wildman–Crippen LogP) is 7.19. The number of alkyl halides is 12. The fourth-order valence-electron chi connectivity index (χ4n) is 5.37. The Morgan fingerprint density at radius 1 is 0.672 bits per heavy atom. The van der Waals surface area contributed by atoms with Crippen molar-refractivity contribution in [3.63, 3.8) is 0 Å². The van der Waals surface area contributed by atoms with Crippen LogP contribution in [0.3, 0.4) is 0 Å². The number of aryl methyl sites for hydroxylation is 1. The fraction of sp³-hybridized carbons (Fsp3) is 0.263. The van der Waals surface area contributed by atoms with Crippen LogP contribution in [0.5, 0.6) is 0 Å². The first-order valence-corrected chi connectivity index (χ1v) is 17.3. The maximum atomic E-state index is 12.1. The van der Waals surface area contributed by atoms with Gasteiger partial charge in [-0.05, 0) is 67.4 Å². The molecule has 0 atom stereocenters. The smallest absolute Gasteiger partial charge is 0.358 e. The Bertz CT molecular complexity index is 2290. The second kappa shape index (κ2) is 19.2. The van der Waals surface area contributed by atoms with Gasteiger partial charge in [-0.25, -0.2) is 0 Å². The number of aromatic nitrogens is 4. The summed E-state index contributed by atoms with van der Waals surface area (Å²) in [5.74, 6) is -13.6. The second-order valence-corrected chi connectivity index (χ2v) is 12.6. The lowest BCUT2D eigenvalue weighted by Gasteiger charge is -2.11. The Kier molecular flexibility index (Phi) is 14.9. The van der Waals surface area contributed by atoms with E-state index in [4.69, 9.17) is 0 Å². The number of hydrogen-bond donors (Lipinski definition) is 3. The number of halogens is 12. The van der Waals surface area contributed by atoms with Crippen molar-refractivity contribution in [2.24, 2.45) is 0 Å². The molecule has 0 saturated carbocycles. The van der Waals surface area contributed by atoms with Gasteiger partial charge in [-0.3, -0.25) is 38.9 Å². The standard InChI is InChI=1S/C30H28N6O.2C4F6O2/c37-30-25-17-29(36-27(25)11-15-34-30)20-9-13-33-28(16-20)22-7-8-23(35-19-22)4-3-12-31-18-21-10-14-32-26-6-2-1-5-24(21)26;2*5-3(6,7)1(11)2(12)4(8,9)10/h1-2,5-10,13-14,16-17,19,31,36H,3-4,11-12,15,18H2,(H,34,37);;. The molecule has 3 N–H and O–H groups in total. The first kappa shape index (κ1) is 47.2. The van der Waals surface area contributed by atoms with Crippen molar-refractivity contribution in [1.29, 1.82) is 0 Å². The molecule has 11 nitrogen and oxygen atoms in total. The Balaban J connectivity index is 0.000000281. The number of ketones is 4. The van der Waals surface area contributed by atoms with Crippen LogP contribution in [0, 0.1) is 0 Å². The zero-order valence-electron chi connectivity index (χ0n) is 30.7. The van der Waals surface area contributed by atoms with Crippen LogP contribution in [0.2, 0.25) is 0 Å². The predicted molar refractivity (Wildman–Crippen MR) is 189 cm³/mol. The van der Waals surface area contributed by atoms with Crippen LogP contribution in [0.4, 0.5) is 52.7 Å². The van der Waals surface area contributed by atoms with Crippen molar-refractivity contribution in [2.45, 2.75) is 50.5 Å². The number of hydrogen-bond acceptors (Lipinski definition) is 9. The molecule has 0 unspecified atom stereocenters. The molecule has 6 rings (SSSR count). The van der Waals surface area contributed by atoms with E-state index in [1.54, 1.807) is 6.20 Å². The number of Topliss-reactive ketones (excluding diaryl/α,β-unsaturated/α-hetero) is 4. The van der Waals surface area contributed by atoms with Crippen LogP contribution < -0.4 is 10.6 Å². The number of amides is 1. The van der Waals surface area contributed by atoms with Crippen molar-refractivity contribution in [3.8, 4) is 22.5 Å². The lowest BCUT2D eigenvalue weighted by atomic mass is 10.1. The number of carbonyl (C=O) groups is 5. The SMILES string of the molecule is O=C(C(=O)C(F)(F)F)C(F)(F)F.O=C(C(=O)C(F)(F)F)C(F)(F)F.O=C1NCCc2[nH]c(-c3ccnc(-c4ccc(CCCNCc5ccnc6ccccc56)nc4)c3)cc21. The summed E-state index contributed by atoms with van der Waals surface area (Å²) in [6.07, 6.45) is -14.8. The molecule has 324 valence electrons. The van der Waals surface area contributed by atoms with E-state index in [1.807, 2.05) is 42.7 Å². The largest absolute Gasteiger partial charge is 0.458 e. The van der Waals surface area contributed by atoms with Gasteiger partial charge in [0.15, 0.2) is 0 Å². The molecular weight excluding hydrogens is 848 g/mol. The summed E-state index contributed by atoms with van der Waals surface area (Å²) in [6.45, 7) is 2.41. The summed E-state index contributed by atoms with van der Waals surface area (Å²) in [7, 11) is 0.